The van der Waals surface area contributed by atoms with Crippen LogP contribution in [0.15, 0.2) is 83.3 Å². The highest BCUT2D eigenvalue weighted by Gasteiger charge is 2.36. The van der Waals surface area contributed by atoms with E-state index in [1.54, 1.807) is 6.07 Å². The third-order valence-electron chi connectivity index (χ3n) is 3.53. The van der Waals surface area contributed by atoms with Gasteiger partial charge in [-0.3, -0.25) is 0 Å². The third-order valence-corrected chi connectivity index (χ3v) is 6.51. The molecule has 0 amide bonds. The lowest BCUT2D eigenvalue weighted by atomic mass is 10.2. The van der Waals surface area contributed by atoms with Crippen molar-refractivity contribution in [3.8, 4) is 0 Å². The first-order valence-electron chi connectivity index (χ1n) is 7.24. The average Bonchev–Trinajstić information content (AvgIpc) is 2.56. The van der Waals surface area contributed by atoms with Gasteiger partial charge in [0, 0.05) is 4.47 Å². The van der Waals surface area contributed by atoms with Crippen LogP contribution in [-0.4, -0.2) is 0 Å². The van der Waals surface area contributed by atoms with Crippen LogP contribution in [0, 0.1) is 0 Å². The van der Waals surface area contributed by atoms with Gasteiger partial charge >= 0.3 is 6.18 Å². The lowest BCUT2D eigenvalue weighted by molar-refractivity contribution is -0.136. The molecule has 122 valence electrons. The fraction of sp³-hybridized carbons (Fsp3) is 0.0526. The summed E-state index contributed by atoms with van der Waals surface area (Å²) in [6, 6.07) is 22.9. The van der Waals surface area contributed by atoms with E-state index in [0.717, 1.165) is 16.7 Å². The number of hydrogen-bond acceptors (Lipinski definition) is 0. The Morgan fingerprint density at radius 2 is 1.21 bits per heavy atom. The lowest BCUT2D eigenvalue weighted by Gasteiger charge is -2.23. The van der Waals surface area contributed by atoms with E-state index in [-0.39, 0.29) is 0 Å². The van der Waals surface area contributed by atoms with Crippen LogP contribution in [0.25, 0.3) is 0 Å². The molecule has 0 unspecified atom stereocenters. The highest BCUT2D eigenvalue weighted by molar-refractivity contribution is 9.10. The quantitative estimate of drug-likeness (QED) is 0.520. The van der Waals surface area contributed by atoms with Crippen LogP contribution in [0.5, 0.6) is 0 Å². The van der Waals surface area contributed by atoms with E-state index in [9.17, 15) is 13.2 Å². The minimum absolute atomic E-state index is 0.310. The maximum atomic E-state index is 13.6. The number of hydrogen-bond donors (Lipinski definition) is 0. The van der Waals surface area contributed by atoms with Crippen LogP contribution < -0.4 is 15.9 Å². The number of alkyl halides is 3. The Morgan fingerprint density at radius 1 is 0.708 bits per heavy atom. The highest BCUT2D eigenvalue weighted by atomic mass is 79.9. The van der Waals surface area contributed by atoms with E-state index in [1.807, 2.05) is 60.7 Å². The summed E-state index contributed by atoms with van der Waals surface area (Å²) in [6.07, 6.45) is -4.39. The van der Waals surface area contributed by atoms with Crippen LogP contribution in [0.2, 0.25) is 0 Å². The molecule has 0 saturated heterocycles. The summed E-state index contributed by atoms with van der Waals surface area (Å²) in [5.74, 6) is 0. The van der Waals surface area contributed by atoms with Gasteiger partial charge in [-0.15, -0.1) is 0 Å². The van der Waals surface area contributed by atoms with Crippen molar-refractivity contribution in [3.05, 3.63) is 88.9 Å². The zero-order chi connectivity index (χ0) is 17.2. The minimum atomic E-state index is -4.39. The molecule has 24 heavy (non-hydrogen) atoms. The van der Waals surface area contributed by atoms with E-state index in [0.29, 0.717) is 9.78 Å². The summed E-state index contributed by atoms with van der Waals surface area (Å²) in [4.78, 5) is 0. The van der Waals surface area contributed by atoms with E-state index < -0.39 is 19.7 Å². The molecule has 3 aromatic carbocycles. The predicted molar refractivity (Wildman–Crippen MR) is 97.9 cm³/mol. The molecule has 0 spiro atoms. The Hall–Kier alpha value is -1.64. The molecule has 0 heterocycles. The summed E-state index contributed by atoms with van der Waals surface area (Å²) >= 11 is 3.32. The molecule has 0 nitrogen and oxygen atoms in total. The third kappa shape index (κ3) is 3.71. The molecule has 3 rings (SSSR count). The van der Waals surface area contributed by atoms with Gasteiger partial charge in [0.15, 0.2) is 0 Å². The van der Waals surface area contributed by atoms with Crippen molar-refractivity contribution >= 4 is 39.8 Å². The topological polar surface area (TPSA) is 0 Å². The maximum Gasteiger partial charge on any atom is 0.417 e. The molecular weight excluding hydrogens is 396 g/mol. The van der Waals surface area contributed by atoms with Crippen LogP contribution in [-0.2, 0) is 6.18 Å². The van der Waals surface area contributed by atoms with Gasteiger partial charge in [-0.1, -0.05) is 76.6 Å². The Kier molecular flexibility index (Phi) is 5.07. The van der Waals surface area contributed by atoms with Crippen molar-refractivity contribution in [1.82, 2.24) is 0 Å². The normalized spacial score (nSPS) is 11.7. The van der Waals surface area contributed by atoms with Gasteiger partial charge in [-0.2, -0.15) is 13.2 Å². The second-order valence-electron chi connectivity index (χ2n) is 5.17. The number of rotatable bonds is 3. The van der Waals surface area contributed by atoms with E-state index in [4.69, 9.17) is 0 Å². The largest absolute Gasteiger partial charge is 0.417 e. The molecule has 0 aliphatic heterocycles. The summed E-state index contributed by atoms with van der Waals surface area (Å²) in [7, 11) is -1.30. The van der Waals surface area contributed by atoms with Gasteiger partial charge in [0.1, 0.15) is 0 Å². The molecule has 0 saturated carbocycles. The van der Waals surface area contributed by atoms with E-state index >= 15 is 0 Å². The van der Waals surface area contributed by atoms with Crippen molar-refractivity contribution in [2.45, 2.75) is 6.18 Å². The van der Waals surface area contributed by atoms with Crippen molar-refractivity contribution in [3.63, 3.8) is 0 Å². The molecule has 0 radical (unpaired) electrons. The smallest absolute Gasteiger partial charge is 0.166 e. The second-order valence-corrected chi connectivity index (χ2v) is 8.27. The average molecular weight is 409 g/mol. The van der Waals surface area contributed by atoms with E-state index in [2.05, 4.69) is 15.9 Å². The first-order chi connectivity index (χ1) is 11.5. The molecule has 0 bridgehead atoms. The first kappa shape index (κ1) is 17.2. The molecular formula is C19H13BrF3P. The molecule has 0 atom stereocenters. The number of benzene rings is 3. The Bertz CT molecular complexity index is 778. The molecule has 0 aromatic heterocycles. The molecule has 0 aliphatic rings. The molecule has 0 N–H and O–H groups in total. The van der Waals surface area contributed by atoms with Crippen LogP contribution >= 0.6 is 23.9 Å². The van der Waals surface area contributed by atoms with Gasteiger partial charge in [0.25, 0.3) is 0 Å². The zero-order valence-electron chi connectivity index (χ0n) is 12.5. The second kappa shape index (κ2) is 7.08. The van der Waals surface area contributed by atoms with Crippen LogP contribution in [0.4, 0.5) is 13.2 Å². The number of halogens is 4. The fourth-order valence-electron chi connectivity index (χ4n) is 2.51. The standard InChI is InChI=1S/C19H13BrF3P/c20-14-11-12-17(19(21,22)23)18(13-14)24(15-7-3-1-4-8-15)16-9-5-2-6-10-16/h1-13H. The SMILES string of the molecule is FC(F)(F)c1ccc(Br)cc1P(c1ccccc1)c1ccccc1. The van der Waals surface area contributed by atoms with E-state index in [1.165, 1.54) is 6.07 Å². The van der Waals surface area contributed by atoms with Crippen molar-refractivity contribution in [1.29, 1.82) is 0 Å². The molecule has 0 fully saturated rings. The molecule has 3 aromatic rings. The van der Waals surface area contributed by atoms with Gasteiger partial charge in [0.2, 0.25) is 0 Å². The Labute approximate surface area is 148 Å². The lowest BCUT2D eigenvalue weighted by Crippen LogP contribution is -2.27. The van der Waals surface area contributed by atoms with Crippen molar-refractivity contribution < 1.29 is 13.2 Å². The fourth-order valence-corrected chi connectivity index (χ4v) is 5.55. The maximum absolute atomic E-state index is 13.6. The minimum Gasteiger partial charge on any atom is -0.166 e. The molecule has 5 heteroatoms. The van der Waals surface area contributed by atoms with Crippen molar-refractivity contribution in [2.24, 2.45) is 0 Å². The predicted octanol–water partition coefficient (Wildman–Crippen LogP) is 5.23. The summed E-state index contributed by atoms with van der Waals surface area (Å²) < 4.78 is 41.3. The monoisotopic (exact) mass is 408 g/mol. The molecule has 0 aliphatic carbocycles. The Balaban J connectivity index is 2.26. The van der Waals surface area contributed by atoms with Crippen LogP contribution in [0.3, 0.4) is 0 Å². The highest BCUT2D eigenvalue weighted by Crippen LogP contribution is 2.40. The summed E-state index contributed by atoms with van der Waals surface area (Å²) in [6.45, 7) is 0. The van der Waals surface area contributed by atoms with Gasteiger partial charge < -0.3 is 0 Å². The van der Waals surface area contributed by atoms with Gasteiger partial charge in [-0.05, 0) is 42.0 Å². The van der Waals surface area contributed by atoms with Gasteiger partial charge in [-0.25, -0.2) is 0 Å². The van der Waals surface area contributed by atoms with Crippen molar-refractivity contribution in [2.75, 3.05) is 0 Å². The van der Waals surface area contributed by atoms with Crippen LogP contribution in [0.1, 0.15) is 5.56 Å². The first-order valence-corrected chi connectivity index (χ1v) is 9.37. The summed E-state index contributed by atoms with van der Waals surface area (Å²) in [5, 5.41) is 2.09. The van der Waals surface area contributed by atoms with Gasteiger partial charge in [0.05, 0.1) is 5.56 Å². The zero-order valence-corrected chi connectivity index (χ0v) is 14.9. The summed E-state index contributed by atoms with van der Waals surface area (Å²) in [5.41, 5.74) is -0.579. The Morgan fingerprint density at radius 3 is 1.67 bits per heavy atom.